The summed E-state index contributed by atoms with van der Waals surface area (Å²) in [5.41, 5.74) is 6.07. The molecule has 0 bridgehead atoms. The quantitative estimate of drug-likeness (QED) is 0.492. The van der Waals surface area contributed by atoms with Crippen LogP contribution >= 0.6 is 11.3 Å². The second-order valence-corrected chi connectivity index (χ2v) is 7.15. The Morgan fingerprint density at radius 2 is 2.00 bits per heavy atom. The molecule has 11 heteroatoms. The number of alkyl halides is 3. The summed E-state index contributed by atoms with van der Waals surface area (Å²) in [6, 6.07) is 9.98. The number of thiophene rings is 1. The first-order valence-corrected chi connectivity index (χ1v) is 9.08. The minimum absolute atomic E-state index is 0.0388. The van der Waals surface area contributed by atoms with Crippen LogP contribution in [0.3, 0.4) is 0 Å². The van der Waals surface area contributed by atoms with E-state index in [0.717, 1.165) is 23.1 Å². The van der Waals surface area contributed by atoms with E-state index in [4.69, 9.17) is 10.3 Å². The lowest BCUT2D eigenvalue weighted by molar-refractivity contribution is -0.670. The van der Waals surface area contributed by atoms with Crippen molar-refractivity contribution < 1.29 is 27.2 Å². The Bertz CT molecular complexity index is 1220. The molecular formula is C18H13F3N5O2S+. The average molecular weight is 420 g/mol. The van der Waals surface area contributed by atoms with Gasteiger partial charge in [0.2, 0.25) is 11.0 Å². The molecule has 3 N–H and O–H groups in total. The van der Waals surface area contributed by atoms with Gasteiger partial charge in [-0.2, -0.15) is 13.2 Å². The third-order valence-electron chi connectivity index (χ3n) is 4.12. The number of carbonyl (C=O) groups is 1. The molecule has 4 rings (SSSR count). The van der Waals surface area contributed by atoms with Crippen LogP contribution in [0.2, 0.25) is 0 Å². The van der Waals surface area contributed by atoms with Crippen molar-refractivity contribution in [2.24, 2.45) is 0 Å². The van der Waals surface area contributed by atoms with Crippen molar-refractivity contribution in [1.29, 1.82) is 0 Å². The minimum Gasteiger partial charge on any atom is -0.397 e. The molecule has 0 atom stereocenters. The molecule has 0 saturated carbocycles. The van der Waals surface area contributed by atoms with Gasteiger partial charge in [0.05, 0.1) is 5.69 Å². The first-order chi connectivity index (χ1) is 13.7. The lowest BCUT2D eigenvalue weighted by atomic mass is 10.1. The monoisotopic (exact) mass is 420 g/mol. The Morgan fingerprint density at radius 3 is 2.69 bits per heavy atom. The third-order valence-corrected chi connectivity index (χ3v) is 5.22. The molecule has 0 saturated heterocycles. The normalized spacial score (nSPS) is 11.7. The molecule has 148 valence electrons. The molecule has 0 unspecified atom stereocenters. The van der Waals surface area contributed by atoms with E-state index in [1.807, 2.05) is 18.2 Å². The zero-order valence-corrected chi connectivity index (χ0v) is 15.6. The summed E-state index contributed by atoms with van der Waals surface area (Å²) >= 11 is 0.782. The molecule has 0 fully saturated rings. The molecule has 0 spiro atoms. The van der Waals surface area contributed by atoms with Crippen LogP contribution in [0.5, 0.6) is 0 Å². The van der Waals surface area contributed by atoms with Gasteiger partial charge in [0, 0.05) is 17.5 Å². The van der Waals surface area contributed by atoms with E-state index in [2.05, 4.69) is 15.6 Å². The number of nitrogens with one attached hydrogen (secondary N) is 1. The van der Waals surface area contributed by atoms with Crippen LogP contribution < -0.4 is 15.7 Å². The van der Waals surface area contributed by atoms with E-state index in [1.54, 1.807) is 12.1 Å². The van der Waals surface area contributed by atoms with E-state index in [0.29, 0.717) is 5.39 Å². The van der Waals surface area contributed by atoms with Crippen molar-refractivity contribution in [1.82, 2.24) is 10.3 Å². The summed E-state index contributed by atoms with van der Waals surface area (Å²) < 4.78 is 45.5. The summed E-state index contributed by atoms with van der Waals surface area (Å²) in [7, 11) is 0. The average Bonchev–Trinajstić information content (AvgIpc) is 3.26. The lowest BCUT2D eigenvalue weighted by Gasteiger charge is -2.07. The SMILES string of the molecule is Cc1cc(C(F)(F)F)nc2sc(C(=O)Nc3c[n+](-c4ccccc4)no3)c(N)c12. The predicted molar refractivity (Wildman–Crippen MR) is 99.8 cm³/mol. The number of fused-ring (bicyclic) bond motifs is 1. The molecule has 0 aliphatic carbocycles. The largest absolute Gasteiger partial charge is 0.433 e. The Labute approximate surface area is 165 Å². The number of para-hydroxylation sites is 1. The highest BCUT2D eigenvalue weighted by molar-refractivity contribution is 7.21. The fourth-order valence-corrected chi connectivity index (χ4v) is 3.86. The summed E-state index contributed by atoms with van der Waals surface area (Å²) in [6.07, 6.45) is -3.13. The number of amides is 1. The lowest BCUT2D eigenvalue weighted by Crippen LogP contribution is -2.31. The van der Waals surface area contributed by atoms with E-state index in [9.17, 15) is 18.0 Å². The Balaban J connectivity index is 1.65. The van der Waals surface area contributed by atoms with Crippen molar-refractivity contribution in [2.75, 3.05) is 11.1 Å². The van der Waals surface area contributed by atoms with Crippen LogP contribution in [0.25, 0.3) is 15.9 Å². The highest BCUT2D eigenvalue weighted by Gasteiger charge is 2.34. The highest BCUT2D eigenvalue weighted by atomic mass is 32.1. The number of nitrogens with two attached hydrogens (primary N) is 1. The van der Waals surface area contributed by atoms with Gasteiger partial charge in [-0.1, -0.05) is 18.2 Å². The fourth-order valence-electron chi connectivity index (χ4n) is 2.80. The number of hydrogen-bond acceptors (Lipinski definition) is 6. The Morgan fingerprint density at radius 1 is 1.28 bits per heavy atom. The first-order valence-electron chi connectivity index (χ1n) is 8.26. The van der Waals surface area contributed by atoms with Crippen LogP contribution in [0.15, 0.2) is 47.1 Å². The maximum atomic E-state index is 13.0. The Kier molecular flexibility index (Phi) is 4.46. The second kappa shape index (κ2) is 6.85. The van der Waals surface area contributed by atoms with Crippen LogP contribution in [-0.2, 0) is 6.18 Å². The number of pyridine rings is 1. The summed E-state index contributed by atoms with van der Waals surface area (Å²) in [6.45, 7) is 1.49. The topological polar surface area (TPSA) is 97.9 Å². The molecule has 0 aliphatic rings. The number of nitrogen functional groups attached to an aromatic ring is 1. The third kappa shape index (κ3) is 3.51. The number of anilines is 2. The fraction of sp³-hybridized carbons (Fsp3) is 0.111. The van der Waals surface area contributed by atoms with Crippen molar-refractivity contribution >= 4 is 39.0 Å². The predicted octanol–water partition coefficient (Wildman–Crippen LogP) is 3.72. The zero-order valence-electron chi connectivity index (χ0n) is 14.8. The number of carbonyl (C=O) groups excluding carboxylic acids is 1. The number of rotatable bonds is 3. The maximum absolute atomic E-state index is 13.0. The number of aryl methyl sites for hydroxylation is 1. The van der Waals surface area contributed by atoms with Crippen LogP contribution in [0, 0.1) is 6.92 Å². The summed E-state index contributed by atoms with van der Waals surface area (Å²) in [4.78, 5) is 16.3. The molecular weight excluding hydrogens is 407 g/mol. The number of aromatic nitrogens is 3. The number of hydrogen-bond donors (Lipinski definition) is 2. The smallest absolute Gasteiger partial charge is 0.397 e. The molecule has 3 heterocycles. The van der Waals surface area contributed by atoms with Gasteiger partial charge in [-0.25, -0.2) is 4.98 Å². The standard InChI is InChI=1S/C18H12F3N5O2S/c1-9-7-11(18(19,20)21)23-17-13(9)14(22)15(29-17)16(27)24-12-8-26(25-28-12)10-5-3-2-4-6-10/h2-8H,1H3,(H2-,22,24,25,27)/p+1. The van der Waals surface area contributed by atoms with Crippen LogP contribution in [0.4, 0.5) is 24.7 Å². The van der Waals surface area contributed by atoms with Gasteiger partial charge in [-0.3, -0.25) is 14.6 Å². The number of benzene rings is 1. The molecule has 1 amide bonds. The van der Waals surface area contributed by atoms with E-state index >= 15 is 0 Å². The van der Waals surface area contributed by atoms with Crippen LogP contribution in [0.1, 0.15) is 20.9 Å². The molecule has 4 aromatic rings. The van der Waals surface area contributed by atoms with Gasteiger partial charge >= 0.3 is 12.1 Å². The summed E-state index contributed by atoms with van der Waals surface area (Å²) in [5, 5.41) is 6.64. The van der Waals surface area contributed by atoms with Crippen molar-refractivity contribution in [2.45, 2.75) is 13.1 Å². The first kappa shape index (κ1) is 18.9. The molecule has 0 aliphatic heterocycles. The molecule has 1 aromatic carbocycles. The van der Waals surface area contributed by atoms with Crippen LogP contribution in [-0.4, -0.2) is 16.2 Å². The zero-order chi connectivity index (χ0) is 20.8. The van der Waals surface area contributed by atoms with Gasteiger partial charge < -0.3 is 5.73 Å². The molecule has 0 radical (unpaired) electrons. The second-order valence-electron chi connectivity index (χ2n) is 6.15. The molecule has 29 heavy (non-hydrogen) atoms. The van der Waals surface area contributed by atoms with Crippen molar-refractivity contribution in [3.8, 4) is 5.69 Å². The molecule has 7 nitrogen and oxygen atoms in total. The maximum Gasteiger partial charge on any atom is 0.433 e. The van der Waals surface area contributed by atoms with Gasteiger partial charge in [-0.05, 0) is 23.2 Å². The number of halogens is 3. The van der Waals surface area contributed by atoms with Gasteiger partial charge in [0.15, 0.2) is 0 Å². The van der Waals surface area contributed by atoms with E-state index in [1.165, 1.54) is 17.8 Å². The van der Waals surface area contributed by atoms with E-state index in [-0.39, 0.29) is 26.8 Å². The number of nitrogens with zero attached hydrogens (tertiary/aromatic N) is 3. The van der Waals surface area contributed by atoms with E-state index < -0.39 is 17.8 Å². The molecule has 3 aromatic heterocycles. The summed E-state index contributed by atoms with van der Waals surface area (Å²) in [5.74, 6) is -0.578. The van der Waals surface area contributed by atoms with Crippen molar-refractivity contribution in [3.05, 3.63) is 58.7 Å². The minimum atomic E-state index is -4.59. The van der Waals surface area contributed by atoms with Gasteiger partial charge in [0.1, 0.15) is 15.4 Å². The van der Waals surface area contributed by atoms with Gasteiger partial charge in [-0.15, -0.1) is 11.3 Å². The van der Waals surface area contributed by atoms with Gasteiger partial charge in [0.25, 0.3) is 12.1 Å². The van der Waals surface area contributed by atoms with Crippen molar-refractivity contribution in [3.63, 3.8) is 0 Å². The highest BCUT2D eigenvalue weighted by Crippen LogP contribution is 2.38. The Hall–Kier alpha value is -3.47.